The average Bonchev–Trinajstić information content (AvgIpc) is 2.61. The summed E-state index contributed by atoms with van der Waals surface area (Å²) in [6.45, 7) is 1.25. The summed E-state index contributed by atoms with van der Waals surface area (Å²) in [5, 5.41) is 11.9. The summed E-state index contributed by atoms with van der Waals surface area (Å²) in [6.07, 6.45) is 3.62. The van der Waals surface area contributed by atoms with E-state index in [1.165, 1.54) is 0 Å². The lowest BCUT2D eigenvalue weighted by Gasteiger charge is -2.14. The second-order valence-corrected chi connectivity index (χ2v) is 5.60. The Hall–Kier alpha value is -3.32. The van der Waals surface area contributed by atoms with Gasteiger partial charge < -0.3 is 15.8 Å². The molecule has 2 aromatic carbocycles. The molecule has 0 aromatic heterocycles. The van der Waals surface area contributed by atoms with Crippen LogP contribution in [0.3, 0.4) is 0 Å². The number of benzene rings is 2. The smallest absolute Gasteiger partial charge is 0.339 e. The van der Waals surface area contributed by atoms with Crippen molar-refractivity contribution < 1.29 is 19.5 Å². The fourth-order valence-electron chi connectivity index (χ4n) is 2.12. The summed E-state index contributed by atoms with van der Waals surface area (Å²) in [7, 11) is 0. The van der Waals surface area contributed by atoms with Crippen molar-refractivity contribution in [3.05, 3.63) is 66.2 Å². The molecule has 0 radical (unpaired) electrons. The highest BCUT2D eigenvalue weighted by Crippen LogP contribution is 2.22. The maximum absolute atomic E-state index is 11.7. The Morgan fingerprint density at radius 3 is 2.58 bits per heavy atom. The number of hydroxylamine groups is 2. The van der Waals surface area contributed by atoms with Gasteiger partial charge in [-0.3, -0.25) is 10.0 Å². The second kappa shape index (κ2) is 9.24. The molecule has 0 saturated carbocycles. The number of hydrogen-bond acceptors (Lipinski definition) is 4. The monoisotopic (exact) mass is 355 g/mol. The molecule has 2 aromatic rings. The minimum Gasteiger partial charge on any atom is -0.457 e. The highest BCUT2D eigenvalue weighted by Gasteiger charge is 2.12. The van der Waals surface area contributed by atoms with Gasteiger partial charge in [-0.1, -0.05) is 42.5 Å². The Bertz CT molecular complexity index is 777. The first-order valence-electron chi connectivity index (χ1n) is 8.00. The van der Waals surface area contributed by atoms with E-state index in [1.54, 1.807) is 13.0 Å². The maximum Gasteiger partial charge on any atom is 0.339 e. The molecule has 1 atom stereocenters. The molecule has 0 fully saturated rings. The van der Waals surface area contributed by atoms with E-state index in [4.69, 9.17) is 15.7 Å². The van der Waals surface area contributed by atoms with Gasteiger partial charge in [0.15, 0.2) is 0 Å². The third-order valence-corrected chi connectivity index (χ3v) is 3.35. The van der Waals surface area contributed by atoms with E-state index in [2.05, 4.69) is 5.32 Å². The number of nitrogens with one attached hydrogen (secondary N) is 1. The number of primary amides is 1. The summed E-state index contributed by atoms with van der Waals surface area (Å²) < 4.78 is 5.78. The Morgan fingerprint density at radius 1 is 1.19 bits per heavy atom. The Balaban J connectivity index is 1.92. The minimum atomic E-state index is -1.08. The lowest BCUT2D eigenvalue weighted by Crippen LogP contribution is -2.43. The van der Waals surface area contributed by atoms with E-state index < -0.39 is 18.5 Å². The fourth-order valence-corrected chi connectivity index (χ4v) is 2.12. The molecule has 0 aliphatic heterocycles. The van der Waals surface area contributed by atoms with Crippen molar-refractivity contribution >= 4 is 18.0 Å². The van der Waals surface area contributed by atoms with Crippen LogP contribution in [-0.4, -0.2) is 34.8 Å². The summed E-state index contributed by atoms with van der Waals surface area (Å²) >= 11 is 0. The van der Waals surface area contributed by atoms with E-state index in [-0.39, 0.29) is 11.1 Å². The number of para-hydroxylation sites is 1. The van der Waals surface area contributed by atoms with Crippen molar-refractivity contribution in [2.24, 2.45) is 5.73 Å². The summed E-state index contributed by atoms with van der Waals surface area (Å²) in [4.78, 5) is 22.3. The molecule has 0 bridgehead atoms. The number of carbonyl (C=O) groups is 2. The lowest BCUT2D eigenvalue weighted by molar-refractivity contribution is -0.129. The predicted octanol–water partition coefficient (Wildman–Crippen LogP) is 2.77. The number of hydrogen-bond donors (Lipinski definition) is 3. The molecule has 0 spiro atoms. The van der Waals surface area contributed by atoms with Crippen LogP contribution in [0.5, 0.6) is 11.5 Å². The number of amides is 3. The zero-order valence-corrected chi connectivity index (χ0v) is 14.3. The van der Waals surface area contributed by atoms with Crippen molar-refractivity contribution in [3.63, 3.8) is 0 Å². The van der Waals surface area contributed by atoms with E-state index in [1.807, 2.05) is 60.7 Å². The molecule has 7 heteroatoms. The predicted molar refractivity (Wildman–Crippen MR) is 97.7 cm³/mol. The molecule has 136 valence electrons. The summed E-state index contributed by atoms with van der Waals surface area (Å²) in [5.41, 5.74) is 5.75. The van der Waals surface area contributed by atoms with Crippen LogP contribution in [0, 0.1) is 0 Å². The molecule has 3 amide bonds. The van der Waals surface area contributed by atoms with Gasteiger partial charge in [-0.25, -0.2) is 4.79 Å². The molecule has 2 rings (SSSR count). The molecule has 0 heterocycles. The molecule has 26 heavy (non-hydrogen) atoms. The van der Waals surface area contributed by atoms with E-state index >= 15 is 0 Å². The summed E-state index contributed by atoms with van der Waals surface area (Å²) in [6, 6.07) is 15.6. The van der Waals surface area contributed by atoms with Crippen molar-refractivity contribution in [2.45, 2.75) is 13.0 Å². The van der Waals surface area contributed by atoms with Crippen LogP contribution in [0.1, 0.15) is 12.5 Å². The third kappa shape index (κ3) is 6.29. The third-order valence-electron chi connectivity index (χ3n) is 3.35. The zero-order chi connectivity index (χ0) is 18.9. The first kappa shape index (κ1) is 19.0. The number of ether oxygens (including phenoxy) is 1. The Morgan fingerprint density at radius 2 is 1.88 bits per heavy atom. The molecule has 4 N–H and O–H groups in total. The topological polar surface area (TPSA) is 105 Å². The first-order valence-corrected chi connectivity index (χ1v) is 8.00. The molecular weight excluding hydrogens is 334 g/mol. The van der Waals surface area contributed by atoms with Crippen LogP contribution in [0.15, 0.2) is 60.7 Å². The zero-order valence-electron chi connectivity index (χ0n) is 14.3. The van der Waals surface area contributed by atoms with Crippen molar-refractivity contribution in [1.29, 1.82) is 0 Å². The number of urea groups is 1. The van der Waals surface area contributed by atoms with Gasteiger partial charge in [0.1, 0.15) is 18.0 Å². The molecule has 0 aliphatic rings. The SMILES string of the molecule is CC(C=Cc1cccc(Oc2ccccc2)c1)NC(=O)CN(O)C(N)=O. The molecule has 0 saturated heterocycles. The Labute approximate surface area is 151 Å². The van der Waals surface area contributed by atoms with Crippen LogP contribution in [0.4, 0.5) is 4.79 Å². The van der Waals surface area contributed by atoms with Crippen LogP contribution in [0.25, 0.3) is 6.08 Å². The molecular formula is C19H21N3O4. The van der Waals surface area contributed by atoms with Crippen molar-refractivity contribution in [3.8, 4) is 11.5 Å². The quantitative estimate of drug-likeness (QED) is 0.524. The number of rotatable bonds is 7. The minimum absolute atomic E-state index is 0.149. The summed E-state index contributed by atoms with van der Waals surface area (Å²) in [5.74, 6) is 0.925. The fraction of sp³-hybridized carbons (Fsp3) is 0.158. The maximum atomic E-state index is 11.7. The number of carbonyl (C=O) groups excluding carboxylic acids is 2. The lowest BCUT2D eigenvalue weighted by atomic mass is 10.1. The van der Waals surface area contributed by atoms with Gasteiger partial charge in [0.05, 0.1) is 0 Å². The van der Waals surface area contributed by atoms with E-state index in [0.717, 1.165) is 11.3 Å². The Kier molecular flexibility index (Phi) is 6.75. The van der Waals surface area contributed by atoms with Crippen LogP contribution in [0.2, 0.25) is 0 Å². The van der Waals surface area contributed by atoms with Gasteiger partial charge in [0.25, 0.3) is 0 Å². The molecule has 1 unspecified atom stereocenters. The standard InChI is InChI=1S/C19H21N3O4/c1-14(21-18(23)13-22(25)19(20)24)10-11-15-6-5-9-17(12-15)26-16-7-3-2-4-8-16/h2-12,14,25H,13H2,1H3,(H2,20,24)(H,21,23). The van der Waals surface area contributed by atoms with Crippen LogP contribution in [-0.2, 0) is 4.79 Å². The molecule has 7 nitrogen and oxygen atoms in total. The van der Waals surface area contributed by atoms with Gasteiger partial charge in [-0.2, -0.15) is 5.06 Å². The second-order valence-electron chi connectivity index (χ2n) is 5.60. The van der Waals surface area contributed by atoms with Gasteiger partial charge in [0.2, 0.25) is 5.91 Å². The van der Waals surface area contributed by atoms with Crippen molar-refractivity contribution in [1.82, 2.24) is 10.4 Å². The van der Waals surface area contributed by atoms with Gasteiger partial charge in [-0.15, -0.1) is 0 Å². The van der Waals surface area contributed by atoms with E-state index in [0.29, 0.717) is 5.75 Å². The normalized spacial score (nSPS) is 11.8. The van der Waals surface area contributed by atoms with E-state index in [9.17, 15) is 9.59 Å². The number of nitrogens with two attached hydrogens (primary N) is 1. The van der Waals surface area contributed by atoms with Crippen LogP contribution < -0.4 is 15.8 Å². The van der Waals surface area contributed by atoms with Crippen molar-refractivity contribution in [2.75, 3.05) is 6.54 Å². The highest BCUT2D eigenvalue weighted by molar-refractivity contribution is 5.83. The van der Waals surface area contributed by atoms with Gasteiger partial charge in [-0.05, 0) is 36.8 Å². The first-order chi connectivity index (χ1) is 12.4. The van der Waals surface area contributed by atoms with Crippen LogP contribution >= 0.6 is 0 Å². The average molecular weight is 355 g/mol. The van der Waals surface area contributed by atoms with Gasteiger partial charge >= 0.3 is 6.03 Å². The largest absolute Gasteiger partial charge is 0.457 e. The van der Waals surface area contributed by atoms with Gasteiger partial charge in [0, 0.05) is 6.04 Å². The number of nitrogens with zero attached hydrogens (tertiary/aromatic N) is 1. The molecule has 0 aliphatic carbocycles. The highest BCUT2D eigenvalue weighted by atomic mass is 16.5.